The lowest BCUT2D eigenvalue weighted by molar-refractivity contribution is 0.0526. The van der Waals surface area contributed by atoms with Gasteiger partial charge >= 0.3 is 5.97 Å². The molecule has 0 aliphatic rings. The molecule has 2 aromatic heterocycles. The quantitative estimate of drug-likeness (QED) is 0.323. The molecule has 1 N–H and O–H groups in total. The normalized spacial score (nSPS) is 10.9. The van der Waals surface area contributed by atoms with Crippen molar-refractivity contribution < 1.29 is 18.7 Å². The van der Waals surface area contributed by atoms with Crippen molar-refractivity contribution in [1.82, 2.24) is 9.99 Å². The molecule has 2 heterocycles. The lowest BCUT2D eigenvalue weighted by atomic mass is 10.1. The summed E-state index contributed by atoms with van der Waals surface area (Å²) in [7, 11) is 0. The van der Waals surface area contributed by atoms with E-state index in [-0.39, 0.29) is 23.7 Å². The van der Waals surface area contributed by atoms with Crippen LogP contribution >= 0.6 is 11.3 Å². The van der Waals surface area contributed by atoms with E-state index in [1.807, 2.05) is 44.4 Å². The molecule has 0 bridgehead atoms. The number of aryl methyl sites for hydroxylation is 2. The van der Waals surface area contributed by atoms with Crippen LogP contribution in [-0.4, -0.2) is 29.3 Å². The number of nitrogens with one attached hydrogen (secondary N) is 1. The van der Waals surface area contributed by atoms with Crippen molar-refractivity contribution in [2.24, 2.45) is 5.10 Å². The first kappa shape index (κ1) is 23.9. The van der Waals surface area contributed by atoms with Gasteiger partial charge in [-0.05, 0) is 64.4 Å². The zero-order valence-electron chi connectivity index (χ0n) is 18.9. The van der Waals surface area contributed by atoms with E-state index in [2.05, 4.69) is 10.5 Å². The monoisotopic (exact) mass is 466 g/mol. The van der Waals surface area contributed by atoms with Crippen molar-refractivity contribution in [3.8, 4) is 11.1 Å². The third-order valence-corrected chi connectivity index (χ3v) is 6.42. The van der Waals surface area contributed by atoms with E-state index >= 15 is 0 Å². The summed E-state index contributed by atoms with van der Waals surface area (Å²) in [5.41, 5.74) is 6.07. The number of nitrogens with zero attached hydrogens (tertiary/aromatic N) is 3. The van der Waals surface area contributed by atoms with E-state index in [9.17, 15) is 14.0 Å². The van der Waals surface area contributed by atoms with E-state index in [0.29, 0.717) is 5.56 Å². The average Bonchev–Trinajstić information content (AvgIpc) is 3.22. The minimum Gasteiger partial charge on any atom is -0.462 e. The van der Waals surface area contributed by atoms with Gasteiger partial charge in [0.1, 0.15) is 10.8 Å². The molecule has 0 radical (unpaired) electrons. The first-order valence-corrected chi connectivity index (χ1v) is 11.0. The third-order valence-electron chi connectivity index (χ3n) is 5.23. The van der Waals surface area contributed by atoms with Crippen molar-refractivity contribution in [1.29, 1.82) is 5.26 Å². The van der Waals surface area contributed by atoms with Gasteiger partial charge in [-0.15, -0.1) is 11.3 Å². The van der Waals surface area contributed by atoms with Gasteiger partial charge in [0.25, 0.3) is 5.91 Å². The predicted molar refractivity (Wildman–Crippen MR) is 125 cm³/mol. The van der Waals surface area contributed by atoms with Gasteiger partial charge in [0.15, 0.2) is 0 Å². The predicted octanol–water partition coefficient (Wildman–Crippen LogP) is 4.72. The zero-order chi connectivity index (χ0) is 24.3. The molecule has 9 heteroatoms. The zero-order valence-corrected chi connectivity index (χ0v) is 19.8. The largest absolute Gasteiger partial charge is 0.462 e. The van der Waals surface area contributed by atoms with Crippen LogP contribution in [0.3, 0.4) is 0 Å². The number of carbonyl (C=O) groups excluding carboxylic acids is 2. The number of ether oxygens (including phenoxy) is 1. The number of hydrogen-bond acceptors (Lipinski definition) is 6. The molecule has 3 aromatic rings. The second kappa shape index (κ2) is 9.79. The van der Waals surface area contributed by atoms with Crippen molar-refractivity contribution in [3.05, 3.63) is 74.2 Å². The van der Waals surface area contributed by atoms with E-state index in [0.717, 1.165) is 38.5 Å². The van der Waals surface area contributed by atoms with Crippen LogP contribution in [0.4, 0.5) is 4.39 Å². The molecule has 0 fully saturated rings. The highest BCUT2D eigenvalue weighted by molar-refractivity contribution is 7.15. The van der Waals surface area contributed by atoms with Gasteiger partial charge in [0, 0.05) is 21.8 Å². The number of benzene rings is 1. The molecular weight excluding hydrogens is 443 g/mol. The Bertz CT molecular complexity index is 1310. The van der Waals surface area contributed by atoms with Crippen LogP contribution in [0.25, 0.3) is 5.00 Å². The molecule has 170 valence electrons. The summed E-state index contributed by atoms with van der Waals surface area (Å²) in [4.78, 5) is 25.9. The van der Waals surface area contributed by atoms with E-state index in [1.165, 1.54) is 29.7 Å². The minimum atomic E-state index is -0.796. The Balaban J connectivity index is 1.89. The van der Waals surface area contributed by atoms with Crippen molar-refractivity contribution in [2.45, 2.75) is 34.6 Å². The lowest BCUT2D eigenvalue weighted by Crippen LogP contribution is -2.19. The number of halogens is 1. The molecule has 0 spiro atoms. The van der Waals surface area contributed by atoms with Crippen LogP contribution < -0.4 is 5.43 Å². The van der Waals surface area contributed by atoms with Crippen LogP contribution in [-0.2, 0) is 4.74 Å². The number of hydrazone groups is 1. The second-order valence-corrected chi connectivity index (χ2v) is 8.55. The Morgan fingerprint density at radius 3 is 2.64 bits per heavy atom. The Hall–Kier alpha value is -3.77. The number of amides is 1. The molecule has 1 aromatic carbocycles. The lowest BCUT2D eigenvalue weighted by Gasteiger charge is -2.10. The summed E-state index contributed by atoms with van der Waals surface area (Å²) < 4.78 is 21.3. The number of carbonyl (C=O) groups is 2. The Morgan fingerprint density at radius 2 is 2.00 bits per heavy atom. The summed E-state index contributed by atoms with van der Waals surface area (Å²) in [6, 6.07) is 7.30. The summed E-state index contributed by atoms with van der Waals surface area (Å²) >= 11 is 1.50. The van der Waals surface area contributed by atoms with Crippen LogP contribution in [0.15, 0.2) is 29.4 Å². The minimum absolute atomic E-state index is 0.126. The molecule has 0 unspecified atom stereocenters. The Morgan fingerprint density at radius 1 is 1.27 bits per heavy atom. The topological polar surface area (TPSA) is 96.5 Å². The summed E-state index contributed by atoms with van der Waals surface area (Å²) in [5, 5.41) is 13.5. The number of thiophene rings is 1. The number of aromatic nitrogens is 1. The fourth-order valence-corrected chi connectivity index (χ4v) is 4.69. The van der Waals surface area contributed by atoms with Crippen LogP contribution in [0, 0.1) is 44.8 Å². The fraction of sp³-hybridized carbons (Fsp3) is 0.250. The highest BCUT2D eigenvalue weighted by Crippen LogP contribution is 2.34. The van der Waals surface area contributed by atoms with Crippen molar-refractivity contribution in [2.75, 3.05) is 6.61 Å². The van der Waals surface area contributed by atoms with Crippen LogP contribution in [0.5, 0.6) is 0 Å². The van der Waals surface area contributed by atoms with Crippen molar-refractivity contribution in [3.63, 3.8) is 0 Å². The van der Waals surface area contributed by atoms with Crippen LogP contribution in [0.2, 0.25) is 0 Å². The Labute approximate surface area is 195 Å². The number of esters is 1. The van der Waals surface area contributed by atoms with Gasteiger partial charge in [0.2, 0.25) is 0 Å². The number of rotatable bonds is 6. The van der Waals surface area contributed by atoms with Gasteiger partial charge in [-0.2, -0.15) is 10.4 Å². The molecule has 1 amide bonds. The molecule has 0 saturated carbocycles. The molecule has 0 aliphatic carbocycles. The van der Waals surface area contributed by atoms with Gasteiger partial charge in [-0.1, -0.05) is 0 Å². The van der Waals surface area contributed by atoms with Gasteiger partial charge in [-0.25, -0.2) is 14.6 Å². The SMILES string of the molecule is CCOC(=O)c1c(-n2c(C)cc(/C=N\NC(=O)c3ccc(C#N)cc3F)c2C)sc(C)c1C. The highest BCUT2D eigenvalue weighted by atomic mass is 32.1. The molecule has 0 aliphatic heterocycles. The van der Waals surface area contributed by atoms with Gasteiger partial charge in [-0.3, -0.25) is 4.79 Å². The maximum Gasteiger partial charge on any atom is 0.341 e. The average molecular weight is 467 g/mol. The fourth-order valence-electron chi connectivity index (χ4n) is 3.43. The Kier molecular flexibility index (Phi) is 7.09. The smallest absolute Gasteiger partial charge is 0.341 e. The first-order valence-electron chi connectivity index (χ1n) is 10.2. The molecule has 0 saturated heterocycles. The van der Waals surface area contributed by atoms with Gasteiger partial charge in [0.05, 0.1) is 35.6 Å². The molecule has 3 rings (SSSR count). The van der Waals surface area contributed by atoms with Crippen LogP contribution in [0.1, 0.15) is 60.6 Å². The number of hydrogen-bond donors (Lipinski definition) is 1. The molecule has 33 heavy (non-hydrogen) atoms. The maximum atomic E-state index is 14.0. The summed E-state index contributed by atoms with van der Waals surface area (Å²) in [6.45, 7) is 9.71. The highest BCUT2D eigenvalue weighted by Gasteiger charge is 2.24. The van der Waals surface area contributed by atoms with E-state index in [4.69, 9.17) is 10.00 Å². The van der Waals surface area contributed by atoms with E-state index < -0.39 is 11.7 Å². The van der Waals surface area contributed by atoms with Gasteiger partial charge < -0.3 is 9.30 Å². The summed E-state index contributed by atoms with van der Waals surface area (Å²) in [5.74, 6) is -1.89. The molecule has 0 atom stereocenters. The second-order valence-electron chi connectivity index (χ2n) is 7.35. The summed E-state index contributed by atoms with van der Waals surface area (Å²) in [6.07, 6.45) is 1.47. The maximum absolute atomic E-state index is 14.0. The first-order chi connectivity index (χ1) is 15.7. The standard InChI is InChI=1S/C24H23FN4O3S/c1-6-32-24(31)21-14(3)16(5)33-23(21)29-13(2)9-18(15(29)4)12-27-28-22(30)19-8-7-17(11-26)10-20(19)25/h7-10,12H,6H2,1-5H3,(H,28,30)/b27-12-. The van der Waals surface area contributed by atoms with Crippen molar-refractivity contribution >= 4 is 29.4 Å². The molecule has 7 nitrogen and oxygen atoms in total. The number of nitriles is 1. The molecular formula is C24H23FN4O3S. The third kappa shape index (κ3) is 4.71. The van der Waals surface area contributed by atoms with E-state index in [1.54, 1.807) is 6.92 Å².